The number of halogens is 3. The predicted molar refractivity (Wildman–Crippen MR) is 103 cm³/mol. The monoisotopic (exact) mass is 425 g/mol. The van der Waals surface area contributed by atoms with Gasteiger partial charge in [-0.25, -0.2) is 13.4 Å². The smallest absolute Gasteiger partial charge is 0.368 e. The summed E-state index contributed by atoms with van der Waals surface area (Å²) in [5, 5.41) is 3.01. The van der Waals surface area contributed by atoms with Crippen LogP contribution in [0.1, 0.15) is 24.0 Å². The number of fused-ring (bicyclic) bond motifs is 1. The van der Waals surface area contributed by atoms with Crippen molar-refractivity contribution in [2.45, 2.75) is 36.9 Å². The Kier molecular flexibility index (Phi) is 5.06. The van der Waals surface area contributed by atoms with Gasteiger partial charge in [0.15, 0.2) is 0 Å². The third-order valence-corrected chi connectivity index (χ3v) is 7.64. The molecule has 1 aromatic heterocycles. The van der Waals surface area contributed by atoms with Crippen LogP contribution in [0.15, 0.2) is 47.5 Å². The molecule has 1 aliphatic heterocycles. The van der Waals surface area contributed by atoms with Gasteiger partial charge in [0.25, 0.3) is 0 Å². The van der Waals surface area contributed by atoms with E-state index in [1.807, 2.05) is 6.92 Å². The molecule has 0 radical (unpaired) electrons. The Morgan fingerprint density at radius 3 is 2.45 bits per heavy atom. The number of aromatic nitrogens is 1. The summed E-state index contributed by atoms with van der Waals surface area (Å²) in [7, 11) is -3.64. The SMILES string of the molecule is Cc1ccc(S(=O)(=O)N2CC3CC3CC2CNc2ccc(C(F)(F)F)cn2)cc1. The van der Waals surface area contributed by atoms with Crippen molar-refractivity contribution in [3.8, 4) is 0 Å². The van der Waals surface area contributed by atoms with Crippen LogP contribution >= 0.6 is 0 Å². The van der Waals surface area contributed by atoms with E-state index >= 15 is 0 Å². The molecule has 1 saturated carbocycles. The highest BCUT2D eigenvalue weighted by Crippen LogP contribution is 2.48. The van der Waals surface area contributed by atoms with Crippen LogP contribution < -0.4 is 5.32 Å². The fourth-order valence-corrected chi connectivity index (χ4v) is 5.58. The van der Waals surface area contributed by atoms with E-state index in [9.17, 15) is 21.6 Å². The Bertz CT molecular complexity index is 976. The summed E-state index contributed by atoms with van der Waals surface area (Å²) in [6, 6.07) is 8.75. The van der Waals surface area contributed by atoms with Gasteiger partial charge in [0.1, 0.15) is 5.82 Å². The van der Waals surface area contributed by atoms with Crippen LogP contribution in [0.25, 0.3) is 0 Å². The number of pyridine rings is 1. The number of alkyl halides is 3. The number of hydrogen-bond donors (Lipinski definition) is 1. The first-order valence-corrected chi connectivity index (χ1v) is 10.9. The quantitative estimate of drug-likeness (QED) is 0.789. The number of nitrogens with zero attached hydrogens (tertiary/aromatic N) is 2. The highest BCUT2D eigenvalue weighted by molar-refractivity contribution is 7.89. The van der Waals surface area contributed by atoms with E-state index in [4.69, 9.17) is 0 Å². The number of hydrogen-bond acceptors (Lipinski definition) is 4. The van der Waals surface area contributed by atoms with E-state index in [2.05, 4.69) is 10.3 Å². The predicted octanol–water partition coefficient (Wildman–Crippen LogP) is 3.92. The lowest BCUT2D eigenvalue weighted by Crippen LogP contribution is -2.47. The van der Waals surface area contributed by atoms with Crippen molar-refractivity contribution >= 4 is 15.8 Å². The number of benzene rings is 1. The van der Waals surface area contributed by atoms with Crippen molar-refractivity contribution in [3.63, 3.8) is 0 Å². The minimum atomic E-state index is -4.44. The largest absolute Gasteiger partial charge is 0.417 e. The van der Waals surface area contributed by atoms with Gasteiger partial charge in [0, 0.05) is 25.3 Å². The summed E-state index contributed by atoms with van der Waals surface area (Å²) >= 11 is 0. The lowest BCUT2D eigenvalue weighted by molar-refractivity contribution is -0.137. The van der Waals surface area contributed by atoms with Gasteiger partial charge in [0.2, 0.25) is 10.0 Å². The summed E-state index contributed by atoms with van der Waals surface area (Å²) in [5.74, 6) is 1.21. The molecule has 2 heterocycles. The Balaban J connectivity index is 1.50. The Morgan fingerprint density at radius 1 is 1.10 bits per heavy atom. The number of rotatable bonds is 5. The molecule has 1 saturated heterocycles. The summed E-state index contributed by atoms with van der Waals surface area (Å²) in [4.78, 5) is 4.08. The normalized spacial score (nSPS) is 24.8. The van der Waals surface area contributed by atoms with Crippen molar-refractivity contribution < 1.29 is 21.6 Å². The minimum absolute atomic E-state index is 0.264. The second-order valence-corrected chi connectivity index (χ2v) is 9.73. The molecule has 1 aromatic carbocycles. The van der Waals surface area contributed by atoms with Crippen LogP contribution in [-0.4, -0.2) is 36.8 Å². The van der Waals surface area contributed by atoms with Crippen molar-refractivity contribution in [2.75, 3.05) is 18.4 Å². The molecule has 1 N–H and O–H groups in total. The zero-order valence-corrected chi connectivity index (χ0v) is 16.7. The first-order chi connectivity index (χ1) is 13.6. The molecule has 29 heavy (non-hydrogen) atoms. The number of sulfonamides is 1. The average Bonchev–Trinajstić information content (AvgIpc) is 3.44. The average molecular weight is 425 g/mol. The molecule has 1 aliphatic carbocycles. The van der Waals surface area contributed by atoms with Crippen LogP contribution in [0.3, 0.4) is 0 Å². The number of anilines is 1. The van der Waals surface area contributed by atoms with E-state index in [1.165, 1.54) is 6.07 Å². The van der Waals surface area contributed by atoms with Crippen molar-refractivity contribution in [3.05, 3.63) is 53.7 Å². The topological polar surface area (TPSA) is 62.3 Å². The maximum Gasteiger partial charge on any atom is 0.417 e. The molecule has 2 aliphatic rings. The van der Waals surface area contributed by atoms with Gasteiger partial charge in [-0.2, -0.15) is 17.5 Å². The molecule has 5 nitrogen and oxygen atoms in total. The number of piperidine rings is 1. The van der Waals surface area contributed by atoms with Crippen LogP contribution in [-0.2, 0) is 16.2 Å². The standard InChI is InChI=1S/C20H22F3N3O2S/c1-13-2-5-18(6-3-13)29(27,28)26-12-15-8-14(15)9-17(26)11-25-19-7-4-16(10-24-19)20(21,22)23/h2-7,10,14-15,17H,8-9,11-12H2,1H3,(H,24,25). The van der Waals surface area contributed by atoms with Gasteiger partial charge < -0.3 is 5.32 Å². The molecule has 2 fully saturated rings. The van der Waals surface area contributed by atoms with E-state index in [-0.39, 0.29) is 10.9 Å². The summed E-state index contributed by atoms with van der Waals surface area (Å²) in [5.41, 5.74) is 0.168. The molecule has 3 unspecified atom stereocenters. The van der Waals surface area contributed by atoms with Gasteiger partial charge in [0.05, 0.1) is 10.5 Å². The first kappa shape index (κ1) is 20.2. The number of nitrogens with one attached hydrogen (secondary N) is 1. The van der Waals surface area contributed by atoms with E-state index in [0.717, 1.165) is 30.7 Å². The molecule has 3 atom stereocenters. The zero-order valence-electron chi connectivity index (χ0n) is 15.9. The van der Waals surface area contributed by atoms with Gasteiger partial charge >= 0.3 is 6.18 Å². The Labute approximate surface area is 168 Å². The highest BCUT2D eigenvalue weighted by atomic mass is 32.2. The summed E-state index contributed by atoms with van der Waals surface area (Å²) in [6.07, 6.45) is -1.89. The Hall–Kier alpha value is -2.13. The fraction of sp³-hybridized carbons (Fsp3) is 0.450. The fourth-order valence-electron chi connectivity index (χ4n) is 3.88. The van der Waals surface area contributed by atoms with Gasteiger partial charge in [-0.3, -0.25) is 0 Å². The Morgan fingerprint density at radius 2 is 1.83 bits per heavy atom. The second-order valence-electron chi connectivity index (χ2n) is 7.84. The maximum absolute atomic E-state index is 13.2. The molecule has 0 amide bonds. The van der Waals surface area contributed by atoms with E-state index in [1.54, 1.807) is 28.6 Å². The second kappa shape index (κ2) is 7.28. The van der Waals surface area contributed by atoms with Crippen LogP contribution in [0.4, 0.5) is 19.0 Å². The van der Waals surface area contributed by atoms with Crippen LogP contribution in [0, 0.1) is 18.8 Å². The summed E-state index contributed by atoms with van der Waals surface area (Å²) in [6.45, 7) is 2.68. The molecule has 9 heteroatoms. The zero-order chi connectivity index (χ0) is 20.8. The van der Waals surface area contributed by atoms with Crippen molar-refractivity contribution in [1.82, 2.24) is 9.29 Å². The highest BCUT2D eigenvalue weighted by Gasteiger charge is 2.49. The van der Waals surface area contributed by atoms with Gasteiger partial charge in [-0.05, 0) is 55.9 Å². The minimum Gasteiger partial charge on any atom is -0.368 e. The molecule has 0 spiro atoms. The molecule has 2 aromatic rings. The van der Waals surface area contributed by atoms with Crippen LogP contribution in [0.5, 0.6) is 0 Å². The van der Waals surface area contributed by atoms with Gasteiger partial charge in [-0.15, -0.1) is 0 Å². The van der Waals surface area contributed by atoms with Crippen molar-refractivity contribution in [2.24, 2.45) is 11.8 Å². The lowest BCUT2D eigenvalue weighted by Gasteiger charge is -2.34. The molecular weight excluding hydrogens is 403 g/mol. The molecule has 156 valence electrons. The first-order valence-electron chi connectivity index (χ1n) is 9.50. The molecule has 4 rings (SSSR count). The third-order valence-electron chi connectivity index (χ3n) is 5.70. The number of aryl methyl sites for hydroxylation is 1. The molecule has 0 bridgehead atoms. The third kappa shape index (κ3) is 4.25. The van der Waals surface area contributed by atoms with E-state index in [0.29, 0.717) is 30.7 Å². The maximum atomic E-state index is 13.2. The van der Waals surface area contributed by atoms with Crippen LogP contribution in [0.2, 0.25) is 0 Å². The van der Waals surface area contributed by atoms with Crippen molar-refractivity contribution in [1.29, 1.82) is 0 Å². The van der Waals surface area contributed by atoms with Gasteiger partial charge in [-0.1, -0.05) is 17.7 Å². The summed E-state index contributed by atoms with van der Waals surface area (Å²) < 4.78 is 66.0. The molecular formula is C20H22F3N3O2S. The lowest BCUT2D eigenvalue weighted by atomic mass is 10.0. The van der Waals surface area contributed by atoms with E-state index < -0.39 is 21.8 Å².